The number of carboxylic acids is 1. The van der Waals surface area contributed by atoms with Crippen molar-refractivity contribution in [2.75, 3.05) is 6.61 Å². The van der Waals surface area contributed by atoms with E-state index >= 15 is 0 Å². The van der Waals surface area contributed by atoms with E-state index in [0.717, 1.165) is 30.6 Å². The van der Waals surface area contributed by atoms with Crippen molar-refractivity contribution >= 4 is 12.0 Å². The molecule has 0 aliphatic rings. The Hall–Kier alpha value is -2.07. The van der Waals surface area contributed by atoms with Crippen molar-refractivity contribution in [3.05, 3.63) is 48.1 Å². The molecule has 0 bridgehead atoms. The largest absolute Gasteiger partial charge is 0.493 e. The first kappa shape index (κ1) is 24.0. The van der Waals surface area contributed by atoms with Gasteiger partial charge in [-0.1, -0.05) is 88.0 Å². The Bertz CT molecular complexity index is 592. The van der Waals surface area contributed by atoms with Gasteiger partial charge in [0.25, 0.3) is 0 Å². The van der Waals surface area contributed by atoms with Gasteiger partial charge >= 0.3 is 5.97 Å². The van der Waals surface area contributed by atoms with Gasteiger partial charge < -0.3 is 14.9 Å². The van der Waals surface area contributed by atoms with Gasteiger partial charge in [0.2, 0.25) is 0 Å². The van der Waals surface area contributed by atoms with E-state index in [1.54, 1.807) is 0 Å². The molecule has 2 N–H and O–H groups in total. The third-order valence-electron chi connectivity index (χ3n) is 4.54. The van der Waals surface area contributed by atoms with Crippen molar-refractivity contribution in [2.24, 2.45) is 0 Å². The van der Waals surface area contributed by atoms with Crippen molar-refractivity contribution in [3.8, 4) is 5.75 Å². The first-order valence-electron chi connectivity index (χ1n) is 10.6. The Morgan fingerprint density at radius 2 is 1.79 bits per heavy atom. The fraction of sp³-hybridized carbons (Fsp3) is 0.542. The number of unbranched alkanes of at least 4 members (excludes halogenated alkanes) is 6. The second kappa shape index (κ2) is 15.9. The maximum Gasteiger partial charge on any atom is 0.303 e. The average molecular weight is 389 g/mol. The highest BCUT2D eigenvalue weighted by Crippen LogP contribution is 2.20. The molecule has 0 aliphatic carbocycles. The molecule has 0 aromatic heterocycles. The number of hydrogen-bond acceptors (Lipinski definition) is 3. The molecule has 28 heavy (non-hydrogen) atoms. The number of allylic oxidation sites excluding steroid dienone is 2. The van der Waals surface area contributed by atoms with Crippen molar-refractivity contribution in [1.82, 2.24) is 0 Å². The van der Waals surface area contributed by atoms with Gasteiger partial charge in [0.05, 0.1) is 12.7 Å². The summed E-state index contributed by atoms with van der Waals surface area (Å²) in [4.78, 5) is 10.5. The minimum atomic E-state index is -0.770. The summed E-state index contributed by atoms with van der Waals surface area (Å²) in [6.45, 7) is 2.72. The van der Waals surface area contributed by atoms with Crippen LogP contribution in [0.4, 0.5) is 0 Å². The van der Waals surface area contributed by atoms with E-state index in [1.165, 1.54) is 32.1 Å². The molecule has 4 heteroatoms. The standard InChI is InChI=1S/C24H36O4/c1-2-3-4-5-6-7-16-22(25)17-10-8-14-21-15-9-11-18-23(21)28-20-13-12-19-24(26)27/h8-11,14-15,17-18,22,25H,2-7,12-13,16,19-20H2,1H3,(H,26,27)/b14-8+,17-10+. The van der Waals surface area contributed by atoms with Crippen molar-refractivity contribution in [1.29, 1.82) is 0 Å². The molecule has 1 aromatic carbocycles. The molecule has 4 nitrogen and oxygen atoms in total. The van der Waals surface area contributed by atoms with Crippen LogP contribution in [0.5, 0.6) is 5.75 Å². The van der Waals surface area contributed by atoms with Crippen LogP contribution >= 0.6 is 0 Å². The van der Waals surface area contributed by atoms with Crippen LogP contribution in [0, 0.1) is 0 Å². The molecule has 0 aliphatic heterocycles. The first-order chi connectivity index (χ1) is 13.6. The third-order valence-corrected chi connectivity index (χ3v) is 4.54. The van der Waals surface area contributed by atoms with E-state index in [1.807, 2.05) is 48.6 Å². The topological polar surface area (TPSA) is 66.8 Å². The zero-order chi connectivity index (χ0) is 20.5. The van der Waals surface area contributed by atoms with Gasteiger partial charge in [-0.05, 0) is 25.3 Å². The number of aliphatic hydroxyl groups excluding tert-OH is 1. The van der Waals surface area contributed by atoms with Crippen LogP contribution in [-0.4, -0.2) is 28.9 Å². The molecular weight excluding hydrogens is 352 g/mol. The lowest BCUT2D eigenvalue weighted by molar-refractivity contribution is -0.137. The molecule has 1 atom stereocenters. The highest BCUT2D eigenvalue weighted by Gasteiger charge is 2.01. The van der Waals surface area contributed by atoms with Crippen molar-refractivity contribution in [3.63, 3.8) is 0 Å². The molecule has 1 rings (SSSR count). The van der Waals surface area contributed by atoms with Gasteiger partial charge in [0, 0.05) is 12.0 Å². The fourth-order valence-corrected chi connectivity index (χ4v) is 2.89. The molecule has 0 amide bonds. The monoisotopic (exact) mass is 388 g/mol. The molecular formula is C24H36O4. The van der Waals surface area contributed by atoms with Gasteiger partial charge in [-0.2, -0.15) is 0 Å². The van der Waals surface area contributed by atoms with Crippen LogP contribution in [0.2, 0.25) is 0 Å². The number of rotatable bonds is 16. The number of carbonyl (C=O) groups is 1. The van der Waals surface area contributed by atoms with E-state index in [-0.39, 0.29) is 6.42 Å². The summed E-state index contributed by atoms with van der Waals surface area (Å²) >= 11 is 0. The van der Waals surface area contributed by atoms with Crippen LogP contribution in [-0.2, 0) is 4.79 Å². The molecule has 0 spiro atoms. The lowest BCUT2D eigenvalue weighted by Crippen LogP contribution is -2.01. The van der Waals surface area contributed by atoms with Gasteiger partial charge in [-0.3, -0.25) is 4.79 Å². The average Bonchev–Trinajstić information content (AvgIpc) is 2.68. The van der Waals surface area contributed by atoms with Gasteiger partial charge in [-0.25, -0.2) is 0 Å². The Morgan fingerprint density at radius 1 is 1.04 bits per heavy atom. The summed E-state index contributed by atoms with van der Waals surface area (Å²) in [5, 5.41) is 18.7. The van der Waals surface area contributed by atoms with Crippen LogP contribution in [0.3, 0.4) is 0 Å². The molecule has 0 radical (unpaired) electrons. The highest BCUT2D eigenvalue weighted by atomic mass is 16.5. The van der Waals surface area contributed by atoms with Crippen LogP contribution < -0.4 is 4.74 Å². The second-order valence-electron chi connectivity index (χ2n) is 7.10. The Kier molecular flexibility index (Phi) is 13.6. The summed E-state index contributed by atoms with van der Waals surface area (Å²) in [5.41, 5.74) is 0.968. The van der Waals surface area contributed by atoms with E-state index in [0.29, 0.717) is 13.0 Å². The number of carboxylic acid groups (broad SMARTS) is 1. The summed E-state index contributed by atoms with van der Waals surface area (Å²) in [6, 6.07) is 7.76. The number of ether oxygens (including phenoxy) is 1. The van der Waals surface area contributed by atoms with Gasteiger partial charge in [0.1, 0.15) is 5.75 Å². The maximum absolute atomic E-state index is 10.5. The number of hydrogen-bond donors (Lipinski definition) is 2. The molecule has 1 unspecified atom stereocenters. The predicted molar refractivity (Wildman–Crippen MR) is 116 cm³/mol. The number of benzene rings is 1. The molecule has 156 valence electrons. The first-order valence-corrected chi connectivity index (χ1v) is 10.6. The lowest BCUT2D eigenvalue weighted by atomic mass is 10.1. The maximum atomic E-state index is 10.5. The van der Waals surface area contributed by atoms with Crippen LogP contribution in [0.25, 0.3) is 6.08 Å². The fourth-order valence-electron chi connectivity index (χ4n) is 2.89. The summed E-state index contributed by atoms with van der Waals surface area (Å²) in [5.74, 6) is 0.0175. The lowest BCUT2D eigenvalue weighted by Gasteiger charge is -2.08. The molecule has 0 fully saturated rings. The van der Waals surface area contributed by atoms with Gasteiger partial charge in [0.15, 0.2) is 0 Å². The zero-order valence-electron chi connectivity index (χ0n) is 17.2. The summed E-state index contributed by atoms with van der Waals surface area (Å²) in [6.07, 6.45) is 16.9. The predicted octanol–water partition coefficient (Wildman–Crippen LogP) is 6.00. The summed E-state index contributed by atoms with van der Waals surface area (Å²) in [7, 11) is 0. The molecule has 1 aromatic rings. The van der Waals surface area contributed by atoms with Crippen LogP contribution in [0.15, 0.2) is 42.5 Å². The zero-order valence-corrected chi connectivity index (χ0v) is 17.2. The minimum Gasteiger partial charge on any atom is -0.493 e. The Balaban J connectivity index is 2.32. The van der Waals surface area contributed by atoms with Crippen LogP contribution in [0.1, 0.15) is 76.7 Å². The minimum absolute atomic E-state index is 0.177. The van der Waals surface area contributed by atoms with E-state index in [2.05, 4.69) is 6.92 Å². The Labute approximate surface area is 169 Å². The third kappa shape index (κ3) is 12.3. The number of para-hydroxylation sites is 1. The van der Waals surface area contributed by atoms with Crippen molar-refractivity contribution < 1.29 is 19.7 Å². The van der Waals surface area contributed by atoms with E-state index in [4.69, 9.17) is 9.84 Å². The van der Waals surface area contributed by atoms with Gasteiger partial charge in [-0.15, -0.1) is 0 Å². The highest BCUT2D eigenvalue weighted by molar-refractivity contribution is 5.66. The Morgan fingerprint density at radius 3 is 2.57 bits per heavy atom. The SMILES string of the molecule is CCCCCCCCC(O)/C=C/C=C/c1ccccc1OCCCCC(=O)O. The van der Waals surface area contributed by atoms with Crippen molar-refractivity contribution in [2.45, 2.75) is 77.2 Å². The molecule has 0 saturated heterocycles. The molecule has 0 heterocycles. The van der Waals surface area contributed by atoms with E-state index in [9.17, 15) is 9.90 Å². The quantitative estimate of drug-likeness (QED) is 0.269. The normalized spacial score (nSPS) is 12.6. The summed E-state index contributed by atoms with van der Waals surface area (Å²) < 4.78 is 5.77. The number of aliphatic carboxylic acids is 1. The van der Waals surface area contributed by atoms with E-state index < -0.39 is 12.1 Å². The molecule has 0 saturated carbocycles. The smallest absolute Gasteiger partial charge is 0.303 e. The number of aliphatic hydroxyl groups is 1. The second-order valence-corrected chi connectivity index (χ2v) is 7.10.